The number of hydrogen-bond acceptors (Lipinski definition) is 5. The van der Waals surface area contributed by atoms with Gasteiger partial charge in [-0.15, -0.1) is 11.3 Å². The van der Waals surface area contributed by atoms with E-state index in [0.717, 1.165) is 27.3 Å². The van der Waals surface area contributed by atoms with Crippen LogP contribution in [0.1, 0.15) is 44.1 Å². The summed E-state index contributed by atoms with van der Waals surface area (Å²) >= 11 is 1.68. The predicted octanol–water partition coefficient (Wildman–Crippen LogP) is 6.80. The largest absolute Gasteiger partial charge is 0.369 e. The van der Waals surface area contributed by atoms with Gasteiger partial charge < -0.3 is 10.6 Å². The third kappa shape index (κ3) is 5.40. The molecule has 2 N–H and O–H groups in total. The zero-order chi connectivity index (χ0) is 23.4. The summed E-state index contributed by atoms with van der Waals surface area (Å²) in [5, 5.41) is 7.47. The molecule has 4 rings (SSSR count). The van der Waals surface area contributed by atoms with E-state index in [-0.39, 0.29) is 11.3 Å². The number of carbonyl (C=O) groups is 1. The van der Waals surface area contributed by atoms with Gasteiger partial charge in [0, 0.05) is 29.1 Å². The Morgan fingerprint density at radius 2 is 1.73 bits per heavy atom. The average Bonchev–Trinajstić information content (AvgIpc) is 3.13. The maximum absolute atomic E-state index is 12.4. The van der Waals surface area contributed by atoms with Gasteiger partial charge >= 0.3 is 0 Å². The zero-order valence-corrected chi connectivity index (χ0v) is 20.4. The number of hydrogen-bond donors (Lipinski definition) is 2. The van der Waals surface area contributed by atoms with Gasteiger partial charge in [0.1, 0.15) is 17.0 Å². The fourth-order valence-corrected chi connectivity index (χ4v) is 4.88. The monoisotopic (exact) mass is 458 g/mol. The van der Waals surface area contributed by atoms with Crippen molar-refractivity contribution in [2.24, 2.45) is 0 Å². The van der Waals surface area contributed by atoms with Crippen molar-refractivity contribution in [3.8, 4) is 11.1 Å². The van der Waals surface area contributed by atoms with Crippen molar-refractivity contribution < 1.29 is 4.79 Å². The molecule has 0 saturated heterocycles. The van der Waals surface area contributed by atoms with Crippen molar-refractivity contribution in [2.45, 2.75) is 46.0 Å². The molecule has 170 valence electrons. The van der Waals surface area contributed by atoms with Crippen molar-refractivity contribution in [1.82, 2.24) is 9.97 Å². The molecule has 0 atom stereocenters. The van der Waals surface area contributed by atoms with Crippen LogP contribution in [0, 0.1) is 6.92 Å². The summed E-state index contributed by atoms with van der Waals surface area (Å²) in [5.74, 6) is 0.839. The summed E-state index contributed by atoms with van der Waals surface area (Å²) in [6.45, 7) is 9.32. The Kier molecular flexibility index (Phi) is 6.75. The molecule has 0 aliphatic heterocycles. The Labute approximate surface area is 199 Å². The standard InChI is InChI=1S/C27H30N4OS/c1-18-23(19-9-6-5-7-10-19)24-25(29-17-30-26(24)33-18)28-16-8-11-22(32)31-21-14-12-20(13-15-21)27(2,3)4/h5-7,9-10,12-15,17H,8,11,16H2,1-4H3,(H,31,32)(H,28,29,30). The van der Waals surface area contributed by atoms with E-state index in [1.54, 1.807) is 17.7 Å². The number of amides is 1. The molecule has 0 bridgehead atoms. The SMILES string of the molecule is Cc1sc2ncnc(NCCCC(=O)Nc3ccc(C(C)(C)C)cc3)c2c1-c1ccccc1. The highest BCUT2D eigenvalue weighted by molar-refractivity contribution is 7.19. The van der Waals surface area contributed by atoms with Crippen LogP contribution in [0.4, 0.5) is 11.5 Å². The highest BCUT2D eigenvalue weighted by atomic mass is 32.1. The van der Waals surface area contributed by atoms with Crippen LogP contribution in [0.2, 0.25) is 0 Å². The molecule has 0 saturated carbocycles. The van der Waals surface area contributed by atoms with E-state index in [4.69, 9.17) is 0 Å². The van der Waals surface area contributed by atoms with E-state index in [9.17, 15) is 4.79 Å². The van der Waals surface area contributed by atoms with Crippen LogP contribution in [0.15, 0.2) is 60.9 Å². The zero-order valence-electron chi connectivity index (χ0n) is 19.6. The van der Waals surface area contributed by atoms with Gasteiger partial charge in [0.05, 0.1) is 5.39 Å². The molecule has 0 fully saturated rings. The van der Waals surface area contributed by atoms with Crippen LogP contribution < -0.4 is 10.6 Å². The number of nitrogens with one attached hydrogen (secondary N) is 2. The number of rotatable bonds is 7. The summed E-state index contributed by atoms with van der Waals surface area (Å²) in [6.07, 6.45) is 2.75. The first-order valence-electron chi connectivity index (χ1n) is 11.3. The first-order valence-corrected chi connectivity index (χ1v) is 12.1. The molecular formula is C27H30N4OS. The Bertz CT molecular complexity index is 1240. The highest BCUT2D eigenvalue weighted by Crippen LogP contribution is 2.40. The minimum atomic E-state index is 0.0181. The molecule has 33 heavy (non-hydrogen) atoms. The van der Waals surface area contributed by atoms with Gasteiger partial charge in [-0.1, -0.05) is 63.2 Å². The second-order valence-corrected chi connectivity index (χ2v) is 10.4. The van der Waals surface area contributed by atoms with Gasteiger partial charge in [0.25, 0.3) is 0 Å². The van der Waals surface area contributed by atoms with Gasteiger partial charge in [-0.2, -0.15) is 0 Å². The van der Waals surface area contributed by atoms with Crippen LogP contribution >= 0.6 is 11.3 Å². The van der Waals surface area contributed by atoms with Crippen LogP contribution in [0.5, 0.6) is 0 Å². The first-order chi connectivity index (χ1) is 15.8. The van der Waals surface area contributed by atoms with Crippen molar-refractivity contribution in [3.05, 3.63) is 71.4 Å². The van der Waals surface area contributed by atoms with Gasteiger partial charge in [-0.3, -0.25) is 4.79 Å². The van der Waals surface area contributed by atoms with E-state index in [1.165, 1.54) is 16.0 Å². The number of fused-ring (bicyclic) bond motifs is 1. The molecule has 1 amide bonds. The van der Waals surface area contributed by atoms with Crippen LogP contribution in [0.25, 0.3) is 21.3 Å². The smallest absolute Gasteiger partial charge is 0.224 e. The minimum Gasteiger partial charge on any atom is -0.369 e. The number of benzene rings is 2. The average molecular weight is 459 g/mol. The molecule has 6 heteroatoms. The maximum Gasteiger partial charge on any atom is 0.224 e. The lowest BCUT2D eigenvalue weighted by Gasteiger charge is -2.19. The number of nitrogens with zero attached hydrogens (tertiary/aromatic N) is 2. The lowest BCUT2D eigenvalue weighted by Crippen LogP contribution is -2.14. The Morgan fingerprint density at radius 3 is 2.42 bits per heavy atom. The molecule has 0 aliphatic carbocycles. The van der Waals surface area contributed by atoms with Crippen molar-refractivity contribution in [2.75, 3.05) is 17.2 Å². The third-order valence-electron chi connectivity index (χ3n) is 5.63. The van der Waals surface area contributed by atoms with E-state index in [2.05, 4.69) is 72.6 Å². The highest BCUT2D eigenvalue weighted by Gasteiger charge is 2.16. The fraction of sp³-hybridized carbons (Fsp3) is 0.296. The van der Waals surface area contributed by atoms with Crippen molar-refractivity contribution in [1.29, 1.82) is 0 Å². The second-order valence-electron chi connectivity index (χ2n) is 9.21. The molecule has 5 nitrogen and oxygen atoms in total. The number of anilines is 2. The maximum atomic E-state index is 12.4. The molecule has 0 spiro atoms. The number of aromatic nitrogens is 2. The molecule has 0 unspecified atom stereocenters. The van der Waals surface area contributed by atoms with E-state index in [1.807, 2.05) is 30.3 Å². The van der Waals surface area contributed by atoms with E-state index < -0.39 is 0 Å². The Hall–Kier alpha value is -3.25. The van der Waals surface area contributed by atoms with Crippen LogP contribution in [0.3, 0.4) is 0 Å². The van der Waals surface area contributed by atoms with E-state index >= 15 is 0 Å². The quantitative estimate of drug-likeness (QED) is 0.299. The van der Waals surface area contributed by atoms with Gasteiger partial charge in [0.2, 0.25) is 5.91 Å². The lowest BCUT2D eigenvalue weighted by molar-refractivity contribution is -0.116. The molecule has 0 radical (unpaired) electrons. The van der Waals surface area contributed by atoms with Crippen LogP contribution in [-0.4, -0.2) is 22.4 Å². The molecule has 2 aromatic heterocycles. The van der Waals surface area contributed by atoms with Crippen molar-refractivity contribution >= 4 is 39.0 Å². The number of carbonyl (C=O) groups excluding carboxylic acids is 1. The molecule has 4 aromatic rings. The normalized spacial score (nSPS) is 11.5. The van der Waals surface area contributed by atoms with Crippen molar-refractivity contribution in [3.63, 3.8) is 0 Å². The molecular weight excluding hydrogens is 428 g/mol. The second kappa shape index (κ2) is 9.71. The summed E-state index contributed by atoms with van der Waals surface area (Å²) in [7, 11) is 0. The number of aryl methyl sites for hydroxylation is 1. The molecule has 0 aliphatic rings. The third-order valence-corrected chi connectivity index (χ3v) is 6.65. The molecule has 2 heterocycles. The Morgan fingerprint density at radius 1 is 1.00 bits per heavy atom. The summed E-state index contributed by atoms with van der Waals surface area (Å²) in [6, 6.07) is 18.4. The summed E-state index contributed by atoms with van der Waals surface area (Å²) in [4.78, 5) is 23.6. The van der Waals surface area contributed by atoms with Gasteiger partial charge in [-0.25, -0.2) is 9.97 Å². The minimum absolute atomic E-state index is 0.0181. The predicted molar refractivity (Wildman–Crippen MR) is 139 cm³/mol. The lowest BCUT2D eigenvalue weighted by atomic mass is 9.87. The fourth-order valence-electron chi connectivity index (χ4n) is 3.86. The number of thiophene rings is 1. The van der Waals surface area contributed by atoms with Gasteiger partial charge in [0.15, 0.2) is 0 Å². The topological polar surface area (TPSA) is 66.9 Å². The summed E-state index contributed by atoms with van der Waals surface area (Å²) < 4.78 is 0. The van der Waals surface area contributed by atoms with Gasteiger partial charge in [-0.05, 0) is 42.0 Å². The molecule has 2 aromatic carbocycles. The van der Waals surface area contributed by atoms with Crippen LogP contribution in [-0.2, 0) is 10.2 Å². The first kappa shape index (κ1) is 22.9. The Balaban J connectivity index is 1.37. The summed E-state index contributed by atoms with van der Waals surface area (Å²) in [5.41, 5.74) is 4.52. The van der Waals surface area contributed by atoms with E-state index in [0.29, 0.717) is 19.4 Å².